The third-order valence-electron chi connectivity index (χ3n) is 1.75. The summed E-state index contributed by atoms with van der Waals surface area (Å²) in [5.41, 5.74) is 0. The average molecular weight is 191 g/mol. The third kappa shape index (κ3) is 8.37. The van der Waals surface area contributed by atoms with Crippen molar-refractivity contribution in [1.29, 1.82) is 0 Å². The zero-order valence-corrected chi connectivity index (χ0v) is 8.99. The van der Waals surface area contributed by atoms with Gasteiger partial charge in [0, 0.05) is 12.3 Å². The topological polar surface area (TPSA) is 32.3 Å². The van der Waals surface area contributed by atoms with E-state index in [0.29, 0.717) is 0 Å². The average Bonchev–Trinajstić information content (AvgIpc) is 2.10. The maximum atomic E-state index is 9.22. The highest BCUT2D eigenvalue weighted by atomic mass is 32.2. The summed E-state index contributed by atoms with van der Waals surface area (Å²) in [5.74, 6) is 2.37. The molecular weight excluding hydrogens is 170 g/mol. The summed E-state index contributed by atoms with van der Waals surface area (Å²) < 4.78 is 0. The Hall–Kier alpha value is 0.270. The zero-order valence-electron chi connectivity index (χ0n) is 8.18. The van der Waals surface area contributed by atoms with Crippen LogP contribution in [-0.2, 0) is 0 Å². The van der Waals surface area contributed by atoms with Gasteiger partial charge in [0.05, 0.1) is 6.10 Å². The van der Waals surface area contributed by atoms with Crippen LogP contribution in [0.4, 0.5) is 0 Å². The van der Waals surface area contributed by atoms with Crippen LogP contribution in [0.25, 0.3) is 0 Å². The molecule has 0 fully saturated rings. The van der Waals surface area contributed by atoms with Crippen molar-refractivity contribution in [2.45, 2.75) is 32.8 Å². The first-order chi connectivity index (χ1) is 5.81. The second-order valence-electron chi connectivity index (χ2n) is 2.80. The zero-order chi connectivity index (χ0) is 9.23. The van der Waals surface area contributed by atoms with E-state index in [4.69, 9.17) is 0 Å². The molecule has 0 amide bonds. The molecule has 0 aliphatic rings. The van der Waals surface area contributed by atoms with Crippen LogP contribution in [0.1, 0.15) is 26.7 Å². The van der Waals surface area contributed by atoms with E-state index in [9.17, 15) is 5.11 Å². The molecule has 0 radical (unpaired) electrons. The molecular formula is C9H21NOS. The SMILES string of the molecule is CCSCCNCCC(O)CC. The minimum atomic E-state index is -0.115. The van der Waals surface area contributed by atoms with E-state index in [1.807, 2.05) is 18.7 Å². The predicted molar refractivity (Wildman–Crippen MR) is 56.8 cm³/mol. The lowest BCUT2D eigenvalue weighted by Gasteiger charge is -2.07. The Morgan fingerprint density at radius 1 is 1.33 bits per heavy atom. The molecule has 0 spiro atoms. The van der Waals surface area contributed by atoms with Crippen molar-refractivity contribution < 1.29 is 5.11 Å². The molecule has 0 rings (SSSR count). The van der Waals surface area contributed by atoms with Gasteiger partial charge in [0.15, 0.2) is 0 Å². The van der Waals surface area contributed by atoms with Gasteiger partial charge in [-0.25, -0.2) is 0 Å². The lowest BCUT2D eigenvalue weighted by molar-refractivity contribution is 0.160. The quantitative estimate of drug-likeness (QED) is 0.570. The standard InChI is InChI=1S/C9H21NOS/c1-3-9(11)5-6-10-7-8-12-4-2/h9-11H,3-8H2,1-2H3. The van der Waals surface area contributed by atoms with Crippen LogP contribution in [0, 0.1) is 0 Å². The Balaban J connectivity index is 2.90. The molecule has 12 heavy (non-hydrogen) atoms. The van der Waals surface area contributed by atoms with Gasteiger partial charge in [-0.15, -0.1) is 0 Å². The Kier molecular flexibility index (Phi) is 9.57. The molecule has 0 saturated carbocycles. The summed E-state index contributed by atoms with van der Waals surface area (Å²) in [4.78, 5) is 0. The summed E-state index contributed by atoms with van der Waals surface area (Å²) >= 11 is 1.95. The van der Waals surface area contributed by atoms with Crippen molar-refractivity contribution in [2.75, 3.05) is 24.6 Å². The van der Waals surface area contributed by atoms with Crippen molar-refractivity contribution in [3.8, 4) is 0 Å². The highest BCUT2D eigenvalue weighted by molar-refractivity contribution is 7.99. The summed E-state index contributed by atoms with van der Waals surface area (Å²) in [5, 5.41) is 12.5. The van der Waals surface area contributed by atoms with Gasteiger partial charge in [-0.2, -0.15) is 11.8 Å². The van der Waals surface area contributed by atoms with Crippen molar-refractivity contribution in [2.24, 2.45) is 0 Å². The number of rotatable bonds is 8. The number of hydrogen-bond acceptors (Lipinski definition) is 3. The molecule has 0 saturated heterocycles. The Morgan fingerprint density at radius 2 is 2.08 bits per heavy atom. The lowest BCUT2D eigenvalue weighted by atomic mass is 10.2. The third-order valence-corrected chi connectivity index (χ3v) is 2.65. The number of thioether (sulfide) groups is 1. The highest BCUT2D eigenvalue weighted by Crippen LogP contribution is 1.96. The minimum absolute atomic E-state index is 0.115. The molecule has 1 unspecified atom stereocenters. The number of aliphatic hydroxyl groups excluding tert-OH is 1. The monoisotopic (exact) mass is 191 g/mol. The molecule has 2 N–H and O–H groups in total. The first-order valence-corrected chi connectivity index (χ1v) is 5.93. The fraction of sp³-hybridized carbons (Fsp3) is 1.00. The van der Waals surface area contributed by atoms with Crippen LogP contribution in [0.3, 0.4) is 0 Å². The van der Waals surface area contributed by atoms with E-state index in [2.05, 4.69) is 12.2 Å². The van der Waals surface area contributed by atoms with Gasteiger partial charge in [-0.1, -0.05) is 13.8 Å². The van der Waals surface area contributed by atoms with Crippen LogP contribution in [0.5, 0.6) is 0 Å². The van der Waals surface area contributed by atoms with Crippen LogP contribution >= 0.6 is 11.8 Å². The van der Waals surface area contributed by atoms with E-state index in [-0.39, 0.29) is 6.10 Å². The van der Waals surface area contributed by atoms with Gasteiger partial charge in [0.2, 0.25) is 0 Å². The van der Waals surface area contributed by atoms with Gasteiger partial charge >= 0.3 is 0 Å². The Labute approximate surface area is 80.1 Å². The van der Waals surface area contributed by atoms with Gasteiger partial charge < -0.3 is 10.4 Å². The van der Waals surface area contributed by atoms with Crippen LogP contribution in [0.2, 0.25) is 0 Å². The predicted octanol–water partition coefficient (Wildman–Crippen LogP) is 1.49. The molecule has 0 aromatic carbocycles. The second-order valence-corrected chi connectivity index (χ2v) is 4.19. The molecule has 0 aliphatic carbocycles. The molecule has 74 valence electrons. The summed E-state index contributed by atoms with van der Waals surface area (Å²) in [6.45, 7) is 6.19. The number of hydrogen-bond donors (Lipinski definition) is 2. The maximum absolute atomic E-state index is 9.22. The maximum Gasteiger partial charge on any atom is 0.0549 e. The summed E-state index contributed by atoms with van der Waals surface area (Å²) in [6.07, 6.45) is 1.63. The molecule has 3 heteroatoms. The van der Waals surface area contributed by atoms with E-state index in [1.165, 1.54) is 11.5 Å². The smallest absolute Gasteiger partial charge is 0.0549 e. The van der Waals surface area contributed by atoms with Gasteiger partial charge in [0.25, 0.3) is 0 Å². The largest absolute Gasteiger partial charge is 0.393 e. The normalized spacial score (nSPS) is 13.2. The first-order valence-electron chi connectivity index (χ1n) is 4.77. The fourth-order valence-electron chi connectivity index (χ4n) is 0.886. The highest BCUT2D eigenvalue weighted by Gasteiger charge is 1.98. The van der Waals surface area contributed by atoms with Crippen molar-refractivity contribution in [1.82, 2.24) is 5.32 Å². The first kappa shape index (κ1) is 12.3. The number of aliphatic hydroxyl groups is 1. The molecule has 0 aromatic heterocycles. The molecule has 0 heterocycles. The van der Waals surface area contributed by atoms with Crippen molar-refractivity contribution in [3.05, 3.63) is 0 Å². The molecule has 2 nitrogen and oxygen atoms in total. The van der Waals surface area contributed by atoms with E-state index in [0.717, 1.165) is 25.9 Å². The van der Waals surface area contributed by atoms with Gasteiger partial charge in [-0.3, -0.25) is 0 Å². The molecule has 0 aromatic rings. The van der Waals surface area contributed by atoms with Crippen LogP contribution < -0.4 is 5.32 Å². The summed E-state index contributed by atoms with van der Waals surface area (Å²) in [6, 6.07) is 0. The Morgan fingerprint density at radius 3 is 2.67 bits per heavy atom. The van der Waals surface area contributed by atoms with Crippen molar-refractivity contribution >= 4 is 11.8 Å². The molecule has 0 aliphatic heterocycles. The van der Waals surface area contributed by atoms with E-state index < -0.39 is 0 Å². The lowest BCUT2D eigenvalue weighted by Crippen LogP contribution is -2.22. The molecule has 0 bridgehead atoms. The van der Waals surface area contributed by atoms with Crippen LogP contribution in [0.15, 0.2) is 0 Å². The van der Waals surface area contributed by atoms with Gasteiger partial charge in [-0.05, 0) is 25.1 Å². The van der Waals surface area contributed by atoms with Crippen molar-refractivity contribution in [3.63, 3.8) is 0 Å². The van der Waals surface area contributed by atoms with Gasteiger partial charge in [0.1, 0.15) is 0 Å². The van der Waals surface area contributed by atoms with E-state index >= 15 is 0 Å². The molecule has 1 atom stereocenters. The Bertz CT molecular complexity index is 90.6. The number of nitrogens with one attached hydrogen (secondary N) is 1. The van der Waals surface area contributed by atoms with Crippen LogP contribution in [-0.4, -0.2) is 35.8 Å². The summed E-state index contributed by atoms with van der Waals surface area (Å²) in [7, 11) is 0. The minimum Gasteiger partial charge on any atom is -0.393 e. The fourth-order valence-corrected chi connectivity index (χ4v) is 1.46. The second kappa shape index (κ2) is 9.36. The van der Waals surface area contributed by atoms with E-state index in [1.54, 1.807) is 0 Å².